The molecule has 0 radical (unpaired) electrons. The first kappa shape index (κ1) is 20.1. The number of aliphatic carboxylic acids is 1. The molecule has 5 heteroatoms. The summed E-state index contributed by atoms with van der Waals surface area (Å²) in [6.07, 6.45) is 5.78. The number of rotatable bonds is 3. The third-order valence-electron chi connectivity index (χ3n) is 7.64. The van der Waals surface area contributed by atoms with Gasteiger partial charge in [0.15, 0.2) is 0 Å². The predicted molar refractivity (Wildman–Crippen MR) is 118 cm³/mol. The van der Waals surface area contributed by atoms with Gasteiger partial charge in [-0.1, -0.05) is 74.2 Å². The Morgan fingerprint density at radius 2 is 1.52 bits per heavy atom. The van der Waals surface area contributed by atoms with E-state index < -0.39 is 11.9 Å². The van der Waals surface area contributed by atoms with Gasteiger partial charge in [0.05, 0.1) is 5.92 Å². The summed E-state index contributed by atoms with van der Waals surface area (Å²) < 4.78 is 5.81. The molecule has 3 aliphatic rings. The number of benzene rings is 2. The lowest BCUT2D eigenvalue weighted by molar-refractivity contribution is -0.145. The molecule has 1 atom stereocenters. The van der Waals surface area contributed by atoms with Crippen LogP contribution in [-0.2, 0) is 9.53 Å². The van der Waals surface area contributed by atoms with Gasteiger partial charge in [-0.15, -0.1) is 0 Å². The zero-order chi connectivity index (χ0) is 21.4. The zero-order valence-corrected chi connectivity index (χ0v) is 17.8. The highest BCUT2D eigenvalue weighted by Crippen LogP contribution is 2.47. The highest BCUT2D eigenvalue weighted by molar-refractivity contribution is 5.79. The average molecular weight is 420 g/mol. The van der Waals surface area contributed by atoms with Gasteiger partial charge in [-0.05, 0) is 35.1 Å². The Kier molecular flexibility index (Phi) is 5.20. The molecule has 2 aliphatic carbocycles. The number of hydrogen-bond acceptors (Lipinski definition) is 3. The molecule has 1 heterocycles. The number of amides is 1. The van der Waals surface area contributed by atoms with Crippen LogP contribution in [0.3, 0.4) is 0 Å². The average Bonchev–Trinajstić information content (AvgIpc) is 3.21. The molecule has 0 bridgehead atoms. The van der Waals surface area contributed by atoms with E-state index in [2.05, 4.69) is 24.3 Å². The maximum atomic E-state index is 13.0. The molecule has 1 spiro atoms. The van der Waals surface area contributed by atoms with E-state index in [0.717, 1.165) is 38.5 Å². The Hall–Kier alpha value is -2.82. The van der Waals surface area contributed by atoms with E-state index in [-0.39, 0.29) is 30.6 Å². The smallest absolute Gasteiger partial charge is 0.409 e. The normalized spacial score (nSPS) is 22.1. The lowest BCUT2D eigenvalue weighted by Gasteiger charge is -2.31. The van der Waals surface area contributed by atoms with Crippen LogP contribution in [0.4, 0.5) is 4.79 Å². The molecule has 1 unspecified atom stereocenters. The van der Waals surface area contributed by atoms with Gasteiger partial charge in [0, 0.05) is 24.4 Å². The Bertz CT molecular complexity index is 947. The summed E-state index contributed by atoms with van der Waals surface area (Å²) in [5, 5.41) is 9.86. The molecule has 31 heavy (non-hydrogen) atoms. The first-order valence-corrected chi connectivity index (χ1v) is 11.4. The van der Waals surface area contributed by atoms with Gasteiger partial charge in [0.25, 0.3) is 0 Å². The number of hydrogen-bond donors (Lipinski definition) is 1. The topological polar surface area (TPSA) is 66.8 Å². The van der Waals surface area contributed by atoms with Crippen molar-refractivity contribution < 1.29 is 19.4 Å². The van der Waals surface area contributed by atoms with E-state index in [1.54, 1.807) is 4.90 Å². The summed E-state index contributed by atoms with van der Waals surface area (Å²) >= 11 is 0. The second-order valence-electron chi connectivity index (χ2n) is 9.35. The highest BCUT2D eigenvalue weighted by Gasteiger charge is 2.51. The van der Waals surface area contributed by atoms with Crippen LogP contribution in [0.1, 0.15) is 55.6 Å². The van der Waals surface area contributed by atoms with Gasteiger partial charge in [0.2, 0.25) is 0 Å². The van der Waals surface area contributed by atoms with Crippen molar-refractivity contribution >= 4 is 12.1 Å². The number of ether oxygens (including phenoxy) is 1. The maximum Gasteiger partial charge on any atom is 0.409 e. The van der Waals surface area contributed by atoms with Crippen molar-refractivity contribution in [2.75, 3.05) is 19.7 Å². The number of carboxylic acid groups (broad SMARTS) is 1. The number of carbonyl (C=O) groups is 2. The quantitative estimate of drug-likeness (QED) is 0.734. The van der Waals surface area contributed by atoms with E-state index in [4.69, 9.17) is 4.74 Å². The van der Waals surface area contributed by atoms with Gasteiger partial charge >= 0.3 is 12.1 Å². The SMILES string of the molecule is O=C(O)C1CN(C(=O)OCC2c3ccccc3-c3ccccc32)CC12CCCCCC2. The van der Waals surface area contributed by atoms with Crippen molar-refractivity contribution in [1.29, 1.82) is 0 Å². The van der Waals surface area contributed by atoms with Crippen LogP contribution in [0.25, 0.3) is 11.1 Å². The summed E-state index contributed by atoms with van der Waals surface area (Å²) in [6.45, 7) is 1.03. The molecule has 2 aromatic carbocycles. The third-order valence-corrected chi connectivity index (χ3v) is 7.64. The van der Waals surface area contributed by atoms with Crippen LogP contribution < -0.4 is 0 Å². The molecule has 2 fully saturated rings. The van der Waals surface area contributed by atoms with E-state index >= 15 is 0 Å². The lowest BCUT2D eigenvalue weighted by atomic mass is 9.72. The van der Waals surface area contributed by atoms with Crippen molar-refractivity contribution in [3.63, 3.8) is 0 Å². The number of likely N-dealkylation sites (tertiary alicyclic amines) is 1. The number of fused-ring (bicyclic) bond motifs is 3. The largest absolute Gasteiger partial charge is 0.481 e. The fourth-order valence-electron chi connectivity index (χ4n) is 6.07. The fraction of sp³-hybridized carbons (Fsp3) is 0.462. The standard InChI is InChI=1S/C26H29NO4/c28-24(29)23-15-27(17-26(23)13-7-1-2-8-14-26)25(30)31-16-22-20-11-5-3-9-18(20)19-10-4-6-12-21(19)22/h3-6,9-12,22-23H,1-2,7-8,13-17H2,(H,28,29). The first-order valence-electron chi connectivity index (χ1n) is 11.4. The molecule has 1 N–H and O–H groups in total. The molecular formula is C26H29NO4. The van der Waals surface area contributed by atoms with Crippen LogP contribution in [-0.4, -0.2) is 41.8 Å². The van der Waals surface area contributed by atoms with Crippen molar-refractivity contribution in [3.05, 3.63) is 59.7 Å². The Labute approximate surface area is 183 Å². The first-order chi connectivity index (χ1) is 15.1. The van der Waals surface area contributed by atoms with Crippen LogP contribution in [0.5, 0.6) is 0 Å². The van der Waals surface area contributed by atoms with Crippen molar-refractivity contribution in [2.24, 2.45) is 11.3 Å². The molecule has 2 aromatic rings. The van der Waals surface area contributed by atoms with Crippen LogP contribution in [0.15, 0.2) is 48.5 Å². The van der Waals surface area contributed by atoms with Crippen molar-refractivity contribution in [3.8, 4) is 11.1 Å². The fourth-order valence-corrected chi connectivity index (χ4v) is 6.07. The summed E-state index contributed by atoms with van der Waals surface area (Å²) in [7, 11) is 0. The Morgan fingerprint density at radius 3 is 2.10 bits per heavy atom. The third kappa shape index (κ3) is 3.50. The van der Waals surface area contributed by atoms with Crippen molar-refractivity contribution in [2.45, 2.75) is 44.4 Å². The van der Waals surface area contributed by atoms with E-state index in [9.17, 15) is 14.7 Å². The molecule has 1 saturated heterocycles. The van der Waals surface area contributed by atoms with E-state index in [0.29, 0.717) is 6.54 Å². The predicted octanol–water partition coefficient (Wildman–Crippen LogP) is 5.29. The number of nitrogens with zero attached hydrogens (tertiary/aromatic N) is 1. The number of carboxylic acids is 1. The van der Waals surface area contributed by atoms with E-state index in [1.165, 1.54) is 22.3 Å². The number of carbonyl (C=O) groups excluding carboxylic acids is 1. The zero-order valence-electron chi connectivity index (χ0n) is 17.8. The molecular weight excluding hydrogens is 390 g/mol. The molecule has 1 amide bonds. The minimum Gasteiger partial charge on any atom is -0.481 e. The van der Waals surface area contributed by atoms with Crippen LogP contribution in [0, 0.1) is 11.3 Å². The highest BCUT2D eigenvalue weighted by atomic mass is 16.6. The minimum atomic E-state index is -0.782. The van der Waals surface area contributed by atoms with Crippen molar-refractivity contribution in [1.82, 2.24) is 4.90 Å². The van der Waals surface area contributed by atoms with Crippen LogP contribution in [0.2, 0.25) is 0 Å². The molecule has 0 aromatic heterocycles. The maximum absolute atomic E-state index is 13.0. The summed E-state index contributed by atoms with van der Waals surface area (Å²) in [5.41, 5.74) is 4.46. The monoisotopic (exact) mass is 419 g/mol. The van der Waals surface area contributed by atoms with Gasteiger partial charge < -0.3 is 14.7 Å². The second-order valence-corrected chi connectivity index (χ2v) is 9.35. The second kappa shape index (κ2) is 8.03. The van der Waals surface area contributed by atoms with E-state index in [1.807, 2.05) is 24.3 Å². The Morgan fingerprint density at radius 1 is 0.935 bits per heavy atom. The molecule has 1 aliphatic heterocycles. The van der Waals surface area contributed by atoms with Gasteiger partial charge in [-0.25, -0.2) is 4.79 Å². The summed E-state index contributed by atoms with van der Waals surface area (Å²) in [4.78, 5) is 26.7. The lowest BCUT2D eigenvalue weighted by Crippen LogP contribution is -2.35. The summed E-state index contributed by atoms with van der Waals surface area (Å²) in [5.74, 6) is -1.26. The summed E-state index contributed by atoms with van der Waals surface area (Å²) in [6, 6.07) is 16.5. The van der Waals surface area contributed by atoms with Gasteiger partial charge in [-0.3, -0.25) is 4.79 Å². The molecule has 162 valence electrons. The molecule has 5 rings (SSSR count). The van der Waals surface area contributed by atoms with Gasteiger partial charge in [-0.2, -0.15) is 0 Å². The van der Waals surface area contributed by atoms with Crippen LogP contribution >= 0.6 is 0 Å². The molecule has 1 saturated carbocycles. The molecule has 5 nitrogen and oxygen atoms in total. The minimum absolute atomic E-state index is 0.0149. The Balaban J connectivity index is 1.32. The van der Waals surface area contributed by atoms with Gasteiger partial charge in [0.1, 0.15) is 6.61 Å².